The molecule has 66 heavy (non-hydrogen) atoms. The minimum absolute atomic E-state index is 0.0901. The molecule has 0 radical (unpaired) electrons. The normalized spacial score (nSPS) is 12.6. The number of esters is 3. The Labute approximate surface area is 408 Å². The molecule has 0 aliphatic heterocycles. The van der Waals surface area contributed by atoms with E-state index in [2.05, 4.69) is 93.7 Å². The molecule has 0 fully saturated rings. The van der Waals surface area contributed by atoms with Crippen LogP contribution in [0.3, 0.4) is 0 Å². The first-order valence-electron chi connectivity index (χ1n) is 27.9. The van der Waals surface area contributed by atoms with Gasteiger partial charge in [-0.2, -0.15) is 0 Å². The fourth-order valence-electron chi connectivity index (χ4n) is 7.72. The van der Waals surface area contributed by atoms with Crippen LogP contribution in [0.5, 0.6) is 0 Å². The summed E-state index contributed by atoms with van der Waals surface area (Å²) < 4.78 is 16.8. The van der Waals surface area contributed by atoms with Gasteiger partial charge < -0.3 is 14.2 Å². The molecule has 1 unspecified atom stereocenters. The smallest absolute Gasteiger partial charge is 0.306 e. The molecule has 0 aromatic heterocycles. The predicted molar refractivity (Wildman–Crippen MR) is 284 cm³/mol. The zero-order valence-electron chi connectivity index (χ0n) is 43.4. The average Bonchev–Trinajstić information content (AvgIpc) is 3.31. The van der Waals surface area contributed by atoms with Crippen LogP contribution in [0.2, 0.25) is 0 Å². The standard InChI is InChI=1S/C60H104O6/c1-4-7-10-13-16-19-22-25-27-28-29-30-31-32-33-36-38-41-44-47-50-53-59(62)65-56-57(55-64-58(61)52-49-46-43-40-37-34-24-21-18-15-12-9-6-3)66-60(63)54-51-48-45-42-39-35-26-23-20-17-14-11-8-5-2/h9,12,18,21-23,25-26,28-29,34,37,57H,4-8,10-11,13-17,19-20,24,27,30-33,35-36,38-56H2,1-3H3/b12-9-,21-18-,25-22-,26-23-,29-28-,37-34-. The summed E-state index contributed by atoms with van der Waals surface area (Å²) in [5, 5.41) is 0. The first kappa shape index (κ1) is 62.8. The molecule has 0 aliphatic rings. The second-order valence-corrected chi connectivity index (χ2v) is 18.5. The van der Waals surface area contributed by atoms with Crippen LogP contribution < -0.4 is 0 Å². The molecule has 1 atom stereocenters. The maximum Gasteiger partial charge on any atom is 0.306 e. The topological polar surface area (TPSA) is 78.9 Å². The van der Waals surface area contributed by atoms with E-state index in [1.165, 1.54) is 128 Å². The van der Waals surface area contributed by atoms with Crippen molar-refractivity contribution in [3.05, 3.63) is 72.9 Å². The van der Waals surface area contributed by atoms with Gasteiger partial charge in [0.05, 0.1) is 0 Å². The van der Waals surface area contributed by atoms with Gasteiger partial charge in [0, 0.05) is 19.3 Å². The third-order valence-electron chi connectivity index (χ3n) is 11.9. The van der Waals surface area contributed by atoms with Crippen molar-refractivity contribution in [3.8, 4) is 0 Å². The van der Waals surface area contributed by atoms with E-state index >= 15 is 0 Å². The van der Waals surface area contributed by atoms with Crippen LogP contribution in [-0.2, 0) is 28.6 Å². The van der Waals surface area contributed by atoms with Gasteiger partial charge >= 0.3 is 17.9 Å². The zero-order valence-corrected chi connectivity index (χ0v) is 43.4. The highest BCUT2D eigenvalue weighted by Gasteiger charge is 2.19. The van der Waals surface area contributed by atoms with E-state index in [1.807, 2.05) is 0 Å². The number of ether oxygens (including phenoxy) is 3. The van der Waals surface area contributed by atoms with Gasteiger partial charge in [-0.05, 0) is 109 Å². The van der Waals surface area contributed by atoms with Crippen molar-refractivity contribution in [2.45, 2.75) is 277 Å². The van der Waals surface area contributed by atoms with Crippen LogP contribution in [0.1, 0.15) is 271 Å². The number of hydrogen-bond donors (Lipinski definition) is 0. The Morgan fingerprint density at radius 3 is 0.955 bits per heavy atom. The van der Waals surface area contributed by atoms with Crippen LogP contribution in [0.15, 0.2) is 72.9 Å². The molecule has 6 heteroatoms. The summed E-state index contributed by atoms with van der Waals surface area (Å²) in [5.74, 6) is -0.928. The first-order valence-corrected chi connectivity index (χ1v) is 27.9. The van der Waals surface area contributed by atoms with E-state index in [0.717, 1.165) is 103 Å². The molecule has 0 N–H and O–H groups in total. The molecule has 0 bridgehead atoms. The Kier molecular flexibility index (Phi) is 51.9. The second kappa shape index (κ2) is 54.5. The summed E-state index contributed by atoms with van der Waals surface area (Å²) in [6.45, 7) is 6.48. The molecule has 0 heterocycles. The molecule has 0 saturated carbocycles. The SMILES string of the molecule is CC/C=C\C/C=C\C/C=C\CCCCCC(=O)OCC(COC(=O)CCCCCCCCCCC/C=C\C/C=C\CCCCCCC)OC(=O)CCCCCCC/C=C\CCCCCCC. The highest BCUT2D eigenvalue weighted by molar-refractivity contribution is 5.71. The van der Waals surface area contributed by atoms with Crippen molar-refractivity contribution in [3.63, 3.8) is 0 Å². The van der Waals surface area contributed by atoms with Gasteiger partial charge in [-0.15, -0.1) is 0 Å². The van der Waals surface area contributed by atoms with E-state index in [0.29, 0.717) is 19.3 Å². The molecule has 0 spiro atoms. The maximum absolute atomic E-state index is 12.8. The third kappa shape index (κ3) is 51.8. The molecule has 0 aromatic carbocycles. The monoisotopic (exact) mass is 921 g/mol. The fraction of sp³-hybridized carbons (Fsp3) is 0.750. The van der Waals surface area contributed by atoms with Crippen molar-refractivity contribution >= 4 is 17.9 Å². The summed E-state index contributed by atoms with van der Waals surface area (Å²) in [6.07, 6.45) is 68.9. The van der Waals surface area contributed by atoms with Crippen molar-refractivity contribution < 1.29 is 28.6 Å². The van der Waals surface area contributed by atoms with E-state index in [-0.39, 0.29) is 31.1 Å². The van der Waals surface area contributed by atoms with Gasteiger partial charge in [-0.3, -0.25) is 14.4 Å². The van der Waals surface area contributed by atoms with Crippen LogP contribution in [0.25, 0.3) is 0 Å². The molecule has 6 nitrogen and oxygen atoms in total. The molecule has 0 amide bonds. The van der Waals surface area contributed by atoms with E-state index in [9.17, 15) is 14.4 Å². The summed E-state index contributed by atoms with van der Waals surface area (Å²) in [5.41, 5.74) is 0. The Morgan fingerprint density at radius 2 is 0.591 bits per heavy atom. The van der Waals surface area contributed by atoms with E-state index in [1.54, 1.807) is 0 Å². The largest absolute Gasteiger partial charge is 0.462 e. The third-order valence-corrected chi connectivity index (χ3v) is 11.9. The Balaban J connectivity index is 4.37. The average molecular weight is 921 g/mol. The Morgan fingerprint density at radius 1 is 0.318 bits per heavy atom. The lowest BCUT2D eigenvalue weighted by Crippen LogP contribution is -2.30. The molecule has 0 rings (SSSR count). The summed E-state index contributed by atoms with van der Waals surface area (Å²) in [4.78, 5) is 38.1. The summed E-state index contributed by atoms with van der Waals surface area (Å²) in [6, 6.07) is 0. The van der Waals surface area contributed by atoms with Crippen molar-refractivity contribution in [2.75, 3.05) is 13.2 Å². The molecule has 0 saturated heterocycles. The van der Waals surface area contributed by atoms with Gasteiger partial charge in [0.25, 0.3) is 0 Å². The van der Waals surface area contributed by atoms with Gasteiger partial charge in [0.15, 0.2) is 6.10 Å². The van der Waals surface area contributed by atoms with Crippen LogP contribution >= 0.6 is 0 Å². The predicted octanol–water partition coefficient (Wildman–Crippen LogP) is 18.6. The second-order valence-electron chi connectivity index (χ2n) is 18.5. The zero-order chi connectivity index (χ0) is 47.9. The van der Waals surface area contributed by atoms with E-state index < -0.39 is 6.10 Å². The van der Waals surface area contributed by atoms with Gasteiger partial charge in [0.1, 0.15) is 13.2 Å². The van der Waals surface area contributed by atoms with Crippen molar-refractivity contribution in [2.24, 2.45) is 0 Å². The van der Waals surface area contributed by atoms with Crippen LogP contribution in [-0.4, -0.2) is 37.2 Å². The van der Waals surface area contributed by atoms with Crippen LogP contribution in [0.4, 0.5) is 0 Å². The molecule has 380 valence electrons. The molecule has 0 aromatic rings. The molecular formula is C60H104O6. The van der Waals surface area contributed by atoms with Gasteiger partial charge in [-0.25, -0.2) is 0 Å². The lowest BCUT2D eigenvalue weighted by molar-refractivity contribution is -0.167. The van der Waals surface area contributed by atoms with E-state index in [4.69, 9.17) is 14.2 Å². The molecular weight excluding hydrogens is 817 g/mol. The van der Waals surface area contributed by atoms with Crippen molar-refractivity contribution in [1.29, 1.82) is 0 Å². The summed E-state index contributed by atoms with van der Waals surface area (Å²) >= 11 is 0. The quantitative estimate of drug-likeness (QED) is 0.0262. The first-order chi connectivity index (χ1) is 32.5. The number of allylic oxidation sites excluding steroid dienone is 12. The minimum Gasteiger partial charge on any atom is -0.462 e. The highest BCUT2D eigenvalue weighted by Crippen LogP contribution is 2.15. The molecule has 0 aliphatic carbocycles. The summed E-state index contributed by atoms with van der Waals surface area (Å²) in [7, 11) is 0. The number of carbonyl (C=O) groups is 3. The number of rotatable bonds is 50. The fourth-order valence-corrected chi connectivity index (χ4v) is 7.72. The lowest BCUT2D eigenvalue weighted by Gasteiger charge is -2.18. The maximum atomic E-state index is 12.8. The van der Waals surface area contributed by atoms with Gasteiger partial charge in [0.2, 0.25) is 0 Å². The Bertz CT molecular complexity index is 1240. The van der Waals surface area contributed by atoms with Crippen molar-refractivity contribution in [1.82, 2.24) is 0 Å². The Hall–Kier alpha value is -3.15. The van der Waals surface area contributed by atoms with Crippen LogP contribution in [0, 0.1) is 0 Å². The highest BCUT2D eigenvalue weighted by atomic mass is 16.6. The lowest BCUT2D eigenvalue weighted by atomic mass is 10.1. The number of hydrogen-bond acceptors (Lipinski definition) is 6. The van der Waals surface area contributed by atoms with Gasteiger partial charge in [-0.1, -0.05) is 216 Å². The number of carbonyl (C=O) groups excluding carboxylic acids is 3. The minimum atomic E-state index is -0.793. The number of unbranched alkanes of at least 4 members (excludes halogenated alkanes) is 27.